The minimum atomic E-state index is -1.90. The lowest BCUT2D eigenvalue weighted by molar-refractivity contribution is -0.442. The quantitative estimate of drug-likeness (QED) is 0.402. The van der Waals surface area contributed by atoms with Crippen molar-refractivity contribution in [3.63, 3.8) is 0 Å². The third-order valence-corrected chi connectivity index (χ3v) is 6.28. The van der Waals surface area contributed by atoms with Gasteiger partial charge in [0.15, 0.2) is 0 Å². The number of nitrogens with one attached hydrogen (secondary N) is 3. The van der Waals surface area contributed by atoms with Gasteiger partial charge in [0.1, 0.15) is 11.8 Å². The Hall–Kier alpha value is -1.66. The maximum absolute atomic E-state index is 12.7. The van der Waals surface area contributed by atoms with Gasteiger partial charge in [-0.2, -0.15) is 0 Å². The predicted molar refractivity (Wildman–Crippen MR) is 105 cm³/mol. The maximum atomic E-state index is 12.7. The summed E-state index contributed by atoms with van der Waals surface area (Å²) in [4.78, 5) is 16.8. The van der Waals surface area contributed by atoms with Crippen molar-refractivity contribution in [3.05, 3.63) is 30.1 Å². The summed E-state index contributed by atoms with van der Waals surface area (Å²) < 4.78 is 18.2. The molecule has 3 fully saturated rings. The molecular formula is C20H30N4O6. The number of amides is 1. The monoisotopic (exact) mass is 422 g/mol. The van der Waals surface area contributed by atoms with Crippen molar-refractivity contribution in [1.82, 2.24) is 20.9 Å². The van der Waals surface area contributed by atoms with E-state index in [1.807, 2.05) is 6.92 Å². The largest absolute Gasteiger partial charge is 0.390 e. The molecule has 1 aromatic heterocycles. The molecule has 0 radical (unpaired) electrons. The summed E-state index contributed by atoms with van der Waals surface area (Å²) in [5, 5.41) is 31.2. The zero-order valence-electron chi connectivity index (χ0n) is 17.3. The standard InChI is InChI=1S/C20H30N4O6/c1-10-8-14(24-18(26)11-6-4-5-7-23-11)20(27)19(28-10)29-13-9-12(21-2)16(25)15(22-3)17(13)30-20/h4-7,10,12-17,19,21-22,25,27H,8-9H2,1-3H3,(H,24,26)/t10-,12+,13?,14-,15+,16+,17?,19?,20+/m1/s1. The normalized spacial score (nSPS) is 43.4. The number of likely N-dealkylation sites (N-methyl/N-ethyl adjacent to an activating group) is 2. The maximum Gasteiger partial charge on any atom is 0.270 e. The summed E-state index contributed by atoms with van der Waals surface area (Å²) in [5.74, 6) is -2.32. The van der Waals surface area contributed by atoms with Crippen LogP contribution in [0.3, 0.4) is 0 Å². The van der Waals surface area contributed by atoms with Crippen LogP contribution in [-0.2, 0) is 14.2 Å². The van der Waals surface area contributed by atoms with Crippen LogP contribution in [0.15, 0.2) is 24.4 Å². The molecule has 0 spiro atoms. The Morgan fingerprint density at radius 3 is 2.70 bits per heavy atom. The fraction of sp³-hybridized carbons (Fsp3) is 0.700. The number of nitrogens with zero attached hydrogens (tertiary/aromatic N) is 1. The highest BCUT2D eigenvalue weighted by atomic mass is 16.8. The van der Waals surface area contributed by atoms with Crippen LogP contribution in [0.5, 0.6) is 0 Å². The molecule has 3 aliphatic rings. The van der Waals surface area contributed by atoms with Crippen molar-refractivity contribution in [2.45, 2.75) is 74.4 Å². The van der Waals surface area contributed by atoms with Gasteiger partial charge >= 0.3 is 0 Å². The van der Waals surface area contributed by atoms with Crippen molar-refractivity contribution >= 4 is 5.91 Å². The molecule has 0 aromatic carbocycles. The van der Waals surface area contributed by atoms with Crippen LogP contribution in [0, 0.1) is 0 Å². The van der Waals surface area contributed by atoms with Crippen molar-refractivity contribution in [2.24, 2.45) is 0 Å². The average Bonchev–Trinajstić information content (AvgIpc) is 2.74. The molecule has 1 aromatic rings. The first-order chi connectivity index (χ1) is 14.4. The van der Waals surface area contributed by atoms with Crippen LogP contribution in [0.2, 0.25) is 0 Å². The van der Waals surface area contributed by atoms with Crippen molar-refractivity contribution in [3.8, 4) is 0 Å². The molecule has 3 unspecified atom stereocenters. The van der Waals surface area contributed by atoms with Gasteiger partial charge in [-0.1, -0.05) is 6.07 Å². The lowest BCUT2D eigenvalue weighted by Crippen LogP contribution is -2.76. The number of aliphatic hydroxyl groups excluding tert-OH is 1. The van der Waals surface area contributed by atoms with Crippen LogP contribution in [-0.4, -0.2) is 89.8 Å². The Balaban J connectivity index is 1.58. The van der Waals surface area contributed by atoms with Crippen LogP contribution in [0.4, 0.5) is 0 Å². The van der Waals surface area contributed by atoms with E-state index in [4.69, 9.17) is 14.2 Å². The van der Waals surface area contributed by atoms with Gasteiger partial charge in [-0.15, -0.1) is 0 Å². The van der Waals surface area contributed by atoms with Gasteiger partial charge in [0.2, 0.25) is 12.1 Å². The number of ether oxygens (including phenoxy) is 3. The van der Waals surface area contributed by atoms with Gasteiger partial charge in [0.25, 0.3) is 5.91 Å². The molecule has 10 nitrogen and oxygen atoms in total. The van der Waals surface area contributed by atoms with Crippen LogP contribution in [0.1, 0.15) is 30.3 Å². The smallest absolute Gasteiger partial charge is 0.270 e. The SMILES string of the molecule is CN[C@H]1CC2OC3O[C@H](C)C[C@@H](NC(=O)c4ccccn4)[C@]3(O)OC2[C@@H](NC)[C@H]1O. The second kappa shape index (κ2) is 8.46. The van der Waals surface area contributed by atoms with E-state index in [9.17, 15) is 15.0 Å². The van der Waals surface area contributed by atoms with Gasteiger partial charge in [-0.3, -0.25) is 9.78 Å². The van der Waals surface area contributed by atoms with Crippen molar-refractivity contribution < 1.29 is 29.2 Å². The van der Waals surface area contributed by atoms with Crippen LogP contribution < -0.4 is 16.0 Å². The molecule has 9 atom stereocenters. The number of aliphatic hydroxyl groups is 2. The van der Waals surface area contributed by atoms with Gasteiger partial charge in [0, 0.05) is 12.2 Å². The third kappa shape index (κ3) is 3.73. The molecule has 166 valence electrons. The van der Waals surface area contributed by atoms with E-state index in [1.54, 1.807) is 32.3 Å². The summed E-state index contributed by atoms with van der Waals surface area (Å²) in [6.07, 6.45) is -0.736. The molecule has 0 bridgehead atoms. The summed E-state index contributed by atoms with van der Waals surface area (Å²) >= 11 is 0. The average molecular weight is 422 g/mol. The first kappa shape index (κ1) is 21.6. The number of aromatic nitrogens is 1. The highest BCUT2D eigenvalue weighted by Crippen LogP contribution is 2.41. The summed E-state index contributed by atoms with van der Waals surface area (Å²) in [6.45, 7) is 1.85. The number of hydrogen-bond donors (Lipinski definition) is 5. The van der Waals surface area contributed by atoms with Crippen LogP contribution in [0.25, 0.3) is 0 Å². The molecule has 5 N–H and O–H groups in total. The molecule has 3 heterocycles. The Morgan fingerprint density at radius 2 is 2.03 bits per heavy atom. The molecule has 1 saturated carbocycles. The predicted octanol–water partition coefficient (Wildman–Crippen LogP) is -1.27. The van der Waals surface area contributed by atoms with Crippen LogP contribution >= 0.6 is 0 Å². The molecule has 1 amide bonds. The van der Waals surface area contributed by atoms with Gasteiger partial charge < -0.3 is 40.4 Å². The van der Waals surface area contributed by atoms with E-state index in [2.05, 4.69) is 20.9 Å². The Kier molecular flexibility index (Phi) is 6.08. The highest BCUT2D eigenvalue weighted by molar-refractivity contribution is 5.92. The van der Waals surface area contributed by atoms with E-state index in [0.29, 0.717) is 12.8 Å². The third-order valence-electron chi connectivity index (χ3n) is 6.28. The van der Waals surface area contributed by atoms with Gasteiger partial charge in [0.05, 0.1) is 30.4 Å². The topological polar surface area (TPSA) is 134 Å². The molecule has 4 rings (SSSR count). The van der Waals surface area contributed by atoms with E-state index >= 15 is 0 Å². The zero-order chi connectivity index (χ0) is 21.5. The fourth-order valence-corrected chi connectivity index (χ4v) is 4.67. The molecule has 2 saturated heterocycles. The summed E-state index contributed by atoms with van der Waals surface area (Å²) in [5.41, 5.74) is 0.240. The minimum absolute atomic E-state index is 0.195. The number of carbonyl (C=O) groups is 1. The molecule has 1 aliphatic carbocycles. The molecule has 2 aliphatic heterocycles. The Bertz CT molecular complexity index is 754. The minimum Gasteiger partial charge on any atom is -0.390 e. The Morgan fingerprint density at radius 1 is 1.23 bits per heavy atom. The number of carbonyl (C=O) groups excluding carboxylic acids is 1. The fourth-order valence-electron chi connectivity index (χ4n) is 4.67. The molecular weight excluding hydrogens is 392 g/mol. The number of rotatable bonds is 4. The lowest BCUT2D eigenvalue weighted by Gasteiger charge is -2.56. The van der Waals surface area contributed by atoms with E-state index in [-0.39, 0.29) is 17.8 Å². The summed E-state index contributed by atoms with van der Waals surface area (Å²) in [7, 11) is 3.51. The second-order valence-electron chi connectivity index (χ2n) is 8.20. The second-order valence-corrected chi connectivity index (χ2v) is 8.20. The van der Waals surface area contributed by atoms with Crippen molar-refractivity contribution in [1.29, 1.82) is 0 Å². The number of hydrogen-bond acceptors (Lipinski definition) is 9. The molecule has 30 heavy (non-hydrogen) atoms. The number of pyridine rings is 1. The number of fused-ring (bicyclic) bond motifs is 2. The summed E-state index contributed by atoms with van der Waals surface area (Å²) in [6, 6.07) is 3.59. The first-order valence-corrected chi connectivity index (χ1v) is 10.3. The van der Waals surface area contributed by atoms with Crippen molar-refractivity contribution in [2.75, 3.05) is 14.1 Å². The van der Waals surface area contributed by atoms with E-state index < -0.39 is 48.4 Å². The van der Waals surface area contributed by atoms with Gasteiger partial charge in [-0.25, -0.2) is 0 Å². The molecule has 10 heteroatoms. The van der Waals surface area contributed by atoms with E-state index in [0.717, 1.165) is 0 Å². The Labute approximate surface area is 175 Å². The zero-order valence-corrected chi connectivity index (χ0v) is 17.3. The lowest BCUT2D eigenvalue weighted by atomic mass is 9.81. The van der Waals surface area contributed by atoms with E-state index in [1.165, 1.54) is 6.20 Å². The first-order valence-electron chi connectivity index (χ1n) is 10.3. The highest BCUT2D eigenvalue weighted by Gasteiger charge is 2.61. The van der Waals surface area contributed by atoms with Gasteiger partial charge in [-0.05, 0) is 46.0 Å².